The zero-order valence-electron chi connectivity index (χ0n) is 21.2. The van der Waals surface area contributed by atoms with Gasteiger partial charge in [0.25, 0.3) is 0 Å². The Morgan fingerprint density at radius 1 is 0.550 bits per heavy atom. The maximum atomic E-state index is 14.2. The highest BCUT2D eigenvalue weighted by Crippen LogP contribution is 2.35. The summed E-state index contributed by atoms with van der Waals surface area (Å²) in [6.07, 6.45) is 3.50. The molecule has 0 aliphatic carbocycles. The van der Waals surface area contributed by atoms with Crippen LogP contribution in [0.15, 0.2) is 120 Å². The number of nitrogens with one attached hydrogen (secondary N) is 1. The number of fused-ring (bicyclic) bond motifs is 1. The third-order valence-electron chi connectivity index (χ3n) is 6.85. The van der Waals surface area contributed by atoms with E-state index in [1.165, 1.54) is 36.4 Å². The highest BCUT2D eigenvalue weighted by Gasteiger charge is 2.17. The molecule has 6 rings (SSSR count). The Morgan fingerprint density at radius 3 is 1.75 bits per heavy atom. The zero-order chi connectivity index (χ0) is 27.6. The standard InChI is InChI=1S/C35H22F3NO/c36-27-13-6-22(7-14-27)8-19-30-33(25-4-2-1-3-5-25)39-34-31(24-11-17-29(38)18-12-24)20-26(21-32(34)35(30)40)23-9-15-28(37)16-10-23/h1-21H,(H,39,40)/b19-8+. The molecule has 1 aromatic heterocycles. The summed E-state index contributed by atoms with van der Waals surface area (Å²) in [6.45, 7) is 0. The van der Waals surface area contributed by atoms with Crippen LogP contribution in [0.4, 0.5) is 13.2 Å². The molecule has 6 aromatic rings. The molecule has 2 nitrogen and oxygen atoms in total. The van der Waals surface area contributed by atoms with Gasteiger partial charge in [0.2, 0.25) is 0 Å². The van der Waals surface area contributed by atoms with Crippen LogP contribution in [0.1, 0.15) is 11.1 Å². The molecule has 0 amide bonds. The third kappa shape index (κ3) is 4.97. The Labute approximate surface area is 228 Å². The summed E-state index contributed by atoms with van der Waals surface area (Å²) in [5.74, 6) is -1.07. The Kier molecular flexibility index (Phi) is 6.62. The molecule has 1 N–H and O–H groups in total. The number of hydrogen-bond acceptors (Lipinski definition) is 1. The normalized spacial score (nSPS) is 11.4. The molecule has 0 atom stereocenters. The lowest BCUT2D eigenvalue weighted by Crippen LogP contribution is -2.11. The Bertz CT molecular complexity index is 1910. The summed E-state index contributed by atoms with van der Waals surface area (Å²) in [5.41, 5.74) is 5.89. The Balaban J connectivity index is 1.66. The van der Waals surface area contributed by atoms with Crippen LogP contribution in [0.25, 0.3) is 56.6 Å². The molecule has 0 saturated carbocycles. The van der Waals surface area contributed by atoms with Gasteiger partial charge in [-0.25, -0.2) is 13.2 Å². The number of benzene rings is 5. The minimum absolute atomic E-state index is 0.210. The van der Waals surface area contributed by atoms with E-state index in [1.807, 2.05) is 36.4 Å². The highest BCUT2D eigenvalue weighted by atomic mass is 19.1. The topological polar surface area (TPSA) is 32.9 Å². The van der Waals surface area contributed by atoms with Crippen LogP contribution in [-0.2, 0) is 0 Å². The van der Waals surface area contributed by atoms with Gasteiger partial charge in [-0.15, -0.1) is 0 Å². The number of rotatable bonds is 5. The largest absolute Gasteiger partial charge is 0.353 e. The Hall–Kier alpha value is -5.16. The van der Waals surface area contributed by atoms with Gasteiger partial charge in [-0.2, -0.15) is 0 Å². The van der Waals surface area contributed by atoms with Gasteiger partial charge in [-0.1, -0.05) is 72.8 Å². The van der Waals surface area contributed by atoms with Crippen LogP contribution in [0.3, 0.4) is 0 Å². The first-order chi connectivity index (χ1) is 19.5. The minimum atomic E-state index is -0.366. The molecule has 0 saturated heterocycles. The molecule has 0 bridgehead atoms. The van der Waals surface area contributed by atoms with Gasteiger partial charge in [0.1, 0.15) is 17.5 Å². The lowest BCUT2D eigenvalue weighted by molar-refractivity contribution is 0.627. The summed E-state index contributed by atoms with van der Waals surface area (Å²) in [4.78, 5) is 17.7. The van der Waals surface area contributed by atoms with E-state index in [4.69, 9.17) is 0 Å². The van der Waals surface area contributed by atoms with Gasteiger partial charge in [0.15, 0.2) is 5.43 Å². The molecule has 1 heterocycles. The molecule has 0 aliphatic rings. The van der Waals surface area contributed by atoms with E-state index in [2.05, 4.69) is 4.98 Å². The predicted molar refractivity (Wildman–Crippen MR) is 156 cm³/mol. The second kappa shape index (κ2) is 10.5. The van der Waals surface area contributed by atoms with Gasteiger partial charge in [-0.05, 0) is 82.4 Å². The van der Waals surface area contributed by atoms with Gasteiger partial charge < -0.3 is 4.98 Å². The molecule has 0 radical (unpaired) electrons. The molecule has 5 heteroatoms. The summed E-state index contributed by atoms with van der Waals surface area (Å²) < 4.78 is 41.0. The molecule has 0 unspecified atom stereocenters. The summed E-state index contributed by atoms with van der Waals surface area (Å²) in [7, 11) is 0. The van der Waals surface area contributed by atoms with Crippen molar-refractivity contribution in [2.45, 2.75) is 0 Å². The van der Waals surface area contributed by atoms with Crippen molar-refractivity contribution in [2.24, 2.45) is 0 Å². The number of aromatic amines is 1. The fraction of sp³-hybridized carbons (Fsp3) is 0. The second-order valence-electron chi connectivity index (χ2n) is 9.45. The first kappa shape index (κ1) is 25.1. The monoisotopic (exact) mass is 529 g/mol. The van der Waals surface area contributed by atoms with Crippen molar-refractivity contribution in [3.63, 3.8) is 0 Å². The van der Waals surface area contributed by atoms with E-state index < -0.39 is 0 Å². The number of hydrogen-bond donors (Lipinski definition) is 1. The quantitative estimate of drug-likeness (QED) is 0.237. The van der Waals surface area contributed by atoms with Gasteiger partial charge in [0, 0.05) is 16.5 Å². The first-order valence-electron chi connectivity index (χ1n) is 12.7. The number of H-pyrrole nitrogens is 1. The predicted octanol–water partition coefficient (Wildman–Crippen LogP) is 9.12. The van der Waals surface area contributed by atoms with Crippen LogP contribution in [0.5, 0.6) is 0 Å². The van der Waals surface area contributed by atoms with E-state index >= 15 is 0 Å². The van der Waals surface area contributed by atoms with Crippen molar-refractivity contribution in [2.75, 3.05) is 0 Å². The second-order valence-corrected chi connectivity index (χ2v) is 9.45. The fourth-order valence-corrected chi connectivity index (χ4v) is 4.82. The summed E-state index contributed by atoms with van der Waals surface area (Å²) in [5, 5.41) is 0.430. The Morgan fingerprint density at radius 2 is 1.12 bits per heavy atom. The smallest absolute Gasteiger partial charge is 0.197 e. The molecular formula is C35H22F3NO. The lowest BCUT2D eigenvalue weighted by atomic mass is 9.93. The molecule has 194 valence electrons. The van der Waals surface area contributed by atoms with E-state index in [9.17, 15) is 18.0 Å². The van der Waals surface area contributed by atoms with Crippen molar-refractivity contribution in [3.8, 4) is 33.5 Å². The van der Waals surface area contributed by atoms with Crippen molar-refractivity contribution < 1.29 is 13.2 Å². The van der Waals surface area contributed by atoms with E-state index in [1.54, 1.807) is 54.6 Å². The fourth-order valence-electron chi connectivity index (χ4n) is 4.82. The van der Waals surface area contributed by atoms with Crippen molar-refractivity contribution in [1.82, 2.24) is 4.98 Å². The average Bonchev–Trinajstić information content (AvgIpc) is 2.98. The van der Waals surface area contributed by atoms with Gasteiger partial charge in [-0.3, -0.25) is 4.79 Å². The molecular weight excluding hydrogens is 507 g/mol. The van der Waals surface area contributed by atoms with Crippen molar-refractivity contribution in [3.05, 3.63) is 154 Å². The zero-order valence-corrected chi connectivity index (χ0v) is 21.2. The molecule has 0 fully saturated rings. The lowest BCUT2D eigenvalue weighted by Gasteiger charge is -2.15. The third-order valence-corrected chi connectivity index (χ3v) is 6.85. The van der Waals surface area contributed by atoms with Crippen molar-refractivity contribution in [1.29, 1.82) is 0 Å². The highest BCUT2D eigenvalue weighted by molar-refractivity contribution is 6.00. The molecule has 40 heavy (non-hydrogen) atoms. The van der Waals surface area contributed by atoms with Crippen molar-refractivity contribution >= 4 is 23.1 Å². The molecule has 5 aromatic carbocycles. The van der Waals surface area contributed by atoms with E-state index in [0.717, 1.165) is 27.8 Å². The SMILES string of the molecule is O=c1c(/C=C/c2ccc(F)cc2)c(-c2ccccc2)[nH]c2c(-c3ccc(F)cc3)cc(-c3ccc(F)cc3)cc12. The van der Waals surface area contributed by atoms with Crippen LogP contribution in [0, 0.1) is 17.5 Å². The molecule has 0 aliphatic heterocycles. The van der Waals surface area contributed by atoms with Crippen LogP contribution in [-0.4, -0.2) is 4.98 Å². The van der Waals surface area contributed by atoms with E-state index in [-0.39, 0.29) is 22.9 Å². The maximum absolute atomic E-state index is 14.2. The maximum Gasteiger partial charge on any atom is 0.197 e. The summed E-state index contributed by atoms with van der Waals surface area (Å²) in [6, 6.07) is 31.4. The van der Waals surface area contributed by atoms with Crippen LogP contribution >= 0.6 is 0 Å². The number of aromatic nitrogens is 1. The number of pyridine rings is 1. The first-order valence-corrected chi connectivity index (χ1v) is 12.7. The minimum Gasteiger partial charge on any atom is -0.353 e. The summed E-state index contributed by atoms with van der Waals surface area (Å²) >= 11 is 0. The average molecular weight is 530 g/mol. The van der Waals surface area contributed by atoms with Gasteiger partial charge >= 0.3 is 0 Å². The van der Waals surface area contributed by atoms with E-state index in [0.29, 0.717) is 27.7 Å². The van der Waals surface area contributed by atoms with Gasteiger partial charge in [0.05, 0.1) is 11.2 Å². The van der Waals surface area contributed by atoms with Crippen LogP contribution in [0.2, 0.25) is 0 Å². The molecule has 0 spiro atoms. The van der Waals surface area contributed by atoms with Crippen LogP contribution < -0.4 is 5.43 Å². The number of halogens is 3.